The summed E-state index contributed by atoms with van der Waals surface area (Å²) in [6, 6.07) is 6.52. The molecule has 3 nitrogen and oxygen atoms in total. The van der Waals surface area contributed by atoms with Crippen LogP contribution in [0.5, 0.6) is 0 Å². The fourth-order valence-electron chi connectivity index (χ4n) is 1.59. The van der Waals surface area contributed by atoms with Gasteiger partial charge in [-0.2, -0.15) is 0 Å². The second-order valence-electron chi connectivity index (χ2n) is 3.62. The van der Waals surface area contributed by atoms with Crippen LogP contribution >= 0.6 is 23.2 Å². The van der Waals surface area contributed by atoms with Gasteiger partial charge in [0.2, 0.25) is 0 Å². The van der Waals surface area contributed by atoms with Gasteiger partial charge in [-0.25, -0.2) is 4.79 Å². The number of halogens is 2. The lowest BCUT2D eigenvalue weighted by Crippen LogP contribution is -2.06. The van der Waals surface area contributed by atoms with E-state index in [1.807, 2.05) is 6.92 Å². The Morgan fingerprint density at radius 3 is 2.65 bits per heavy atom. The van der Waals surface area contributed by atoms with Crippen LogP contribution in [0.25, 0.3) is 5.69 Å². The van der Waals surface area contributed by atoms with Gasteiger partial charge in [0.25, 0.3) is 0 Å². The van der Waals surface area contributed by atoms with Crippen molar-refractivity contribution in [3.8, 4) is 5.69 Å². The Hall–Kier alpha value is -1.45. The zero-order valence-electron chi connectivity index (χ0n) is 8.95. The van der Waals surface area contributed by atoms with Crippen LogP contribution in [0.2, 0.25) is 10.0 Å². The van der Waals surface area contributed by atoms with E-state index >= 15 is 0 Å². The van der Waals surface area contributed by atoms with Crippen LogP contribution in [0.3, 0.4) is 0 Å². The molecule has 0 aliphatic rings. The Morgan fingerprint density at radius 1 is 1.29 bits per heavy atom. The van der Waals surface area contributed by atoms with Crippen molar-refractivity contribution in [2.75, 3.05) is 0 Å². The van der Waals surface area contributed by atoms with Gasteiger partial charge in [0.05, 0.1) is 10.7 Å². The van der Waals surface area contributed by atoms with E-state index in [-0.39, 0.29) is 5.69 Å². The quantitative estimate of drug-likeness (QED) is 0.902. The molecule has 0 fully saturated rings. The first-order valence-corrected chi connectivity index (χ1v) is 5.63. The van der Waals surface area contributed by atoms with Crippen LogP contribution in [-0.2, 0) is 0 Å². The van der Waals surface area contributed by atoms with E-state index in [9.17, 15) is 4.79 Å². The molecule has 0 aliphatic heterocycles. The summed E-state index contributed by atoms with van der Waals surface area (Å²) in [7, 11) is 0. The molecule has 1 aromatic carbocycles. The van der Waals surface area contributed by atoms with Crippen LogP contribution in [0, 0.1) is 6.92 Å². The van der Waals surface area contributed by atoms with Crippen molar-refractivity contribution >= 4 is 29.2 Å². The number of nitrogens with zero attached hydrogens (tertiary/aromatic N) is 1. The van der Waals surface area contributed by atoms with Gasteiger partial charge in [-0.15, -0.1) is 0 Å². The largest absolute Gasteiger partial charge is 0.477 e. The standard InChI is InChI=1S/C12H9Cl2NO2/c1-7-5-9(14)11(6-8(7)13)15-4-2-3-10(15)12(16)17/h2-6H,1H3,(H,16,17). The summed E-state index contributed by atoms with van der Waals surface area (Å²) >= 11 is 12.1. The predicted molar refractivity (Wildman–Crippen MR) is 67.5 cm³/mol. The number of benzene rings is 1. The molecule has 0 saturated heterocycles. The third kappa shape index (κ3) is 2.16. The number of aromatic nitrogens is 1. The summed E-state index contributed by atoms with van der Waals surface area (Å²) in [6.45, 7) is 1.84. The molecule has 0 amide bonds. The molecule has 2 aromatic rings. The van der Waals surface area contributed by atoms with Crippen molar-refractivity contribution in [3.63, 3.8) is 0 Å². The monoisotopic (exact) mass is 269 g/mol. The second-order valence-corrected chi connectivity index (χ2v) is 4.44. The molecule has 17 heavy (non-hydrogen) atoms. The molecule has 0 aliphatic carbocycles. The van der Waals surface area contributed by atoms with E-state index in [1.165, 1.54) is 10.6 Å². The molecule has 0 bridgehead atoms. The van der Waals surface area contributed by atoms with Crippen LogP contribution < -0.4 is 0 Å². The van der Waals surface area contributed by atoms with Crippen LogP contribution in [0.1, 0.15) is 16.1 Å². The minimum absolute atomic E-state index is 0.145. The van der Waals surface area contributed by atoms with Crippen molar-refractivity contribution in [1.29, 1.82) is 0 Å². The lowest BCUT2D eigenvalue weighted by atomic mass is 10.2. The number of carboxylic acids is 1. The molecule has 0 atom stereocenters. The van der Waals surface area contributed by atoms with Crippen molar-refractivity contribution in [1.82, 2.24) is 4.57 Å². The number of rotatable bonds is 2. The molecular weight excluding hydrogens is 261 g/mol. The van der Waals surface area contributed by atoms with Gasteiger partial charge in [0, 0.05) is 11.2 Å². The average Bonchev–Trinajstić information content (AvgIpc) is 2.72. The zero-order valence-corrected chi connectivity index (χ0v) is 10.5. The van der Waals surface area contributed by atoms with Crippen molar-refractivity contribution in [3.05, 3.63) is 51.8 Å². The van der Waals surface area contributed by atoms with Gasteiger partial charge in [0.1, 0.15) is 5.69 Å². The molecule has 1 N–H and O–H groups in total. The highest BCUT2D eigenvalue weighted by molar-refractivity contribution is 6.35. The smallest absolute Gasteiger partial charge is 0.352 e. The zero-order chi connectivity index (χ0) is 12.6. The number of carboxylic acid groups (broad SMARTS) is 1. The first kappa shape index (κ1) is 12.0. The van der Waals surface area contributed by atoms with E-state index < -0.39 is 5.97 Å². The van der Waals surface area contributed by atoms with Crippen LogP contribution in [0.4, 0.5) is 0 Å². The third-order valence-electron chi connectivity index (χ3n) is 2.46. The predicted octanol–water partition coefficient (Wildman–Crippen LogP) is 3.79. The fraction of sp³-hybridized carbons (Fsp3) is 0.0833. The van der Waals surface area contributed by atoms with E-state index in [1.54, 1.807) is 24.4 Å². The third-order valence-corrected chi connectivity index (χ3v) is 3.17. The Kier molecular flexibility index (Phi) is 3.13. The maximum Gasteiger partial charge on any atom is 0.352 e. The van der Waals surface area contributed by atoms with Crippen LogP contribution in [-0.4, -0.2) is 15.6 Å². The number of hydrogen-bond acceptors (Lipinski definition) is 1. The normalized spacial score (nSPS) is 10.5. The summed E-state index contributed by atoms with van der Waals surface area (Å²) in [6.07, 6.45) is 1.64. The van der Waals surface area contributed by atoms with Gasteiger partial charge in [-0.1, -0.05) is 23.2 Å². The lowest BCUT2D eigenvalue weighted by Gasteiger charge is -2.10. The Morgan fingerprint density at radius 2 is 2.00 bits per heavy atom. The number of aryl methyl sites for hydroxylation is 1. The van der Waals surface area contributed by atoms with E-state index in [0.717, 1.165) is 5.56 Å². The Bertz CT molecular complexity index is 590. The van der Waals surface area contributed by atoms with Gasteiger partial charge in [0.15, 0.2) is 0 Å². The SMILES string of the molecule is Cc1cc(Cl)c(-n2cccc2C(=O)O)cc1Cl. The van der Waals surface area contributed by atoms with Crippen molar-refractivity contribution in [2.45, 2.75) is 6.92 Å². The summed E-state index contributed by atoms with van der Waals surface area (Å²) in [5.74, 6) is -1.01. The molecule has 0 saturated carbocycles. The first-order chi connectivity index (χ1) is 8.00. The van der Waals surface area contributed by atoms with E-state index in [2.05, 4.69) is 0 Å². The number of carbonyl (C=O) groups is 1. The molecule has 5 heteroatoms. The Balaban J connectivity index is 2.64. The van der Waals surface area contributed by atoms with Gasteiger partial charge in [-0.3, -0.25) is 0 Å². The minimum Gasteiger partial charge on any atom is -0.477 e. The molecule has 2 rings (SSSR count). The van der Waals surface area contributed by atoms with Crippen molar-refractivity contribution in [2.24, 2.45) is 0 Å². The lowest BCUT2D eigenvalue weighted by molar-refractivity contribution is 0.0688. The maximum absolute atomic E-state index is 11.0. The van der Waals surface area contributed by atoms with Crippen LogP contribution in [0.15, 0.2) is 30.5 Å². The summed E-state index contributed by atoms with van der Waals surface area (Å²) < 4.78 is 1.50. The number of hydrogen-bond donors (Lipinski definition) is 1. The topological polar surface area (TPSA) is 42.2 Å². The number of aromatic carboxylic acids is 1. The molecule has 0 unspecified atom stereocenters. The minimum atomic E-state index is -1.01. The highest BCUT2D eigenvalue weighted by Gasteiger charge is 2.13. The molecule has 0 spiro atoms. The van der Waals surface area contributed by atoms with E-state index in [0.29, 0.717) is 15.7 Å². The highest BCUT2D eigenvalue weighted by atomic mass is 35.5. The van der Waals surface area contributed by atoms with Gasteiger partial charge in [-0.05, 0) is 36.8 Å². The first-order valence-electron chi connectivity index (χ1n) is 4.87. The van der Waals surface area contributed by atoms with E-state index in [4.69, 9.17) is 28.3 Å². The van der Waals surface area contributed by atoms with Gasteiger partial charge < -0.3 is 9.67 Å². The van der Waals surface area contributed by atoms with Crippen molar-refractivity contribution < 1.29 is 9.90 Å². The molecule has 1 aromatic heterocycles. The fourth-order valence-corrected chi connectivity index (χ4v) is 2.05. The average molecular weight is 270 g/mol. The summed E-state index contributed by atoms with van der Waals surface area (Å²) in [5.41, 5.74) is 1.56. The molecule has 0 radical (unpaired) electrons. The molecule has 1 heterocycles. The second kappa shape index (κ2) is 4.43. The molecular formula is C12H9Cl2NO2. The summed E-state index contributed by atoms with van der Waals surface area (Å²) in [4.78, 5) is 11.0. The Labute approximate surface area is 108 Å². The maximum atomic E-state index is 11.0. The highest BCUT2D eigenvalue weighted by Crippen LogP contribution is 2.28. The van der Waals surface area contributed by atoms with Gasteiger partial charge >= 0.3 is 5.97 Å². The summed E-state index contributed by atoms with van der Waals surface area (Å²) in [5, 5.41) is 10.0. The molecule has 88 valence electrons.